The maximum atomic E-state index is 13.3. The minimum Gasteiger partial charge on any atom is -0.462 e. The number of rotatable bonds is 13. The Morgan fingerprint density at radius 1 is 0.804 bits per heavy atom. The van der Waals surface area contributed by atoms with Crippen LogP contribution in [0.25, 0.3) is 6.08 Å². The third-order valence-electron chi connectivity index (χ3n) is 6.65. The van der Waals surface area contributed by atoms with E-state index < -0.39 is 17.1 Å². The van der Waals surface area contributed by atoms with Gasteiger partial charge in [0, 0.05) is 26.9 Å². The largest absolute Gasteiger partial charge is 0.462 e. The summed E-state index contributed by atoms with van der Waals surface area (Å²) in [7, 11) is 0. The highest BCUT2D eigenvalue weighted by atomic mass is 35.5. The summed E-state index contributed by atoms with van der Waals surface area (Å²) in [6.45, 7) is 4.19. The molecule has 0 fully saturated rings. The number of esters is 1. The van der Waals surface area contributed by atoms with Crippen molar-refractivity contribution in [1.82, 2.24) is 5.32 Å². The molecule has 1 unspecified atom stereocenters. The van der Waals surface area contributed by atoms with Crippen LogP contribution in [-0.4, -0.2) is 35.5 Å². The number of halogens is 1. The molecule has 4 aromatic rings. The number of hydrogen-bond donors (Lipinski definition) is 3. The number of amides is 3. The van der Waals surface area contributed by atoms with Gasteiger partial charge in [0.25, 0.3) is 11.8 Å². The van der Waals surface area contributed by atoms with Gasteiger partial charge in [-0.25, -0.2) is 4.79 Å². The Bertz CT molecular complexity index is 1690. The lowest BCUT2D eigenvalue weighted by molar-refractivity contribution is -0.115. The highest BCUT2D eigenvalue weighted by Gasteiger charge is 2.18. The second-order valence-electron chi connectivity index (χ2n) is 10.2. The van der Waals surface area contributed by atoms with E-state index >= 15 is 0 Å². The molecule has 0 aliphatic heterocycles. The Labute approximate surface area is 277 Å². The number of anilines is 2. The number of ether oxygens (including phenoxy) is 1. The van der Waals surface area contributed by atoms with Crippen molar-refractivity contribution in [1.29, 1.82) is 0 Å². The third kappa shape index (κ3) is 10.1. The third-order valence-corrected chi connectivity index (χ3v) is 8.10. The minimum atomic E-state index is -0.530. The van der Waals surface area contributed by atoms with Gasteiger partial charge < -0.3 is 20.7 Å². The van der Waals surface area contributed by atoms with Gasteiger partial charge in [0.05, 0.1) is 17.4 Å². The maximum Gasteiger partial charge on any atom is 0.338 e. The lowest BCUT2D eigenvalue weighted by Crippen LogP contribution is -2.30. The van der Waals surface area contributed by atoms with E-state index in [9.17, 15) is 19.2 Å². The molecule has 4 rings (SSSR count). The van der Waals surface area contributed by atoms with E-state index in [0.717, 1.165) is 17.7 Å². The summed E-state index contributed by atoms with van der Waals surface area (Å²) >= 11 is 7.67. The van der Waals surface area contributed by atoms with E-state index in [2.05, 4.69) is 16.0 Å². The van der Waals surface area contributed by atoms with Gasteiger partial charge in [0.2, 0.25) is 5.91 Å². The first-order valence-electron chi connectivity index (χ1n) is 14.7. The molecule has 10 heteroatoms. The fourth-order valence-corrected chi connectivity index (χ4v) is 5.15. The second-order valence-corrected chi connectivity index (χ2v) is 12.0. The Balaban J connectivity index is 1.36. The van der Waals surface area contributed by atoms with Crippen LogP contribution in [0.5, 0.6) is 0 Å². The molecule has 46 heavy (non-hydrogen) atoms. The van der Waals surface area contributed by atoms with Gasteiger partial charge in [0.15, 0.2) is 0 Å². The van der Waals surface area contributed by atoms with Gasteiger partial charge in [-0.2, -0.15) is 0 Å². The molecular formula is C36H34ClN3O5S. The lowest BCUT2D eigenvalue weighted by Gasteiger charge is -2.14. The van der Waals surface area contributed by atoms with Gasteiger partial charge in [0.1, 0.15) is 5.70 Å². The van der Waals surface area contributed by atoms with Gasteiger partial charge >= 0.3 is 5.97 Å². The Morgan fingerprint density at radius 3 is 2.11 bits per heavy atom. The summed E-state index contributed by atoms with van der Waals surface area (Å²) in [5.74, 6) is -1.56. The first-order valence-corrected chi connectivity index (χ1v) is 16.0. The van der Waals surface area contributed by atoms with Crippen molar-refractivity contribution in [2.75, 3.05) is 17.2 Å². The molecule has 0 heterocycles. The van der Waals surface area contributed by atoms with E-state index in [1.54, 1.807) is 110 Å². The minimum absolute atomic E-state index is 0.0205. The van der Waals surface area contributed by atoms with E-state index in [4.69, 9.17) is 16.3 Å². The summed E-state index contributed by atoms with van der Waals surface area (Å²) in [4.78, 5) is 51.9. The summed E-state index contributed by atoms with van der Waals surface area (Å²) < 4.78 is 5.22. The van der Waals surface area contributed by atoms with Crippen LogP contribution in [0.15, 0.2) is 114 Å². The van der Waals surface area contributed by atoms with Crippen molar-refractivity contribution in [3.8, 4) is 0 Å². The van der Waals surface area contributed by atoms with Gasteiger partial charge in [-0.15, -0.1) is 11.8 Å². The molecule has 0 saturated heterocycles. The fourth-order valence-electron chi connectivity index (χ4n) is 4.09. The van der Waals surface area contributed by atoms with Crippen molar-refractivity contribution in [2.24, 2.45) is 0 Å². The first-order chi connectivity index (χ1) is 22.2. The number of hydrogen-bond acceptors (Lipinski definition) is 6. The standard InChI is InChI=1S/C36H34ClN3O5S/c1-3-4-22-45-36(44)26-14-16-28(17-15-26)38-33(41)24(2)46-30-20-18-29(19-21-30)39-35(43)32(23-27-12-8-9-13-31(27)37)40-34(42)25-10-6-5-7-11-25/h5-21,23-24H,3-4,22H2,1-2H3,(H,38,41)(H,39,43)(H,40,42)/b32-23-. The molecule has 0 bridgehead atoms. The van der Waals surface area contributed by atoms with Crippen molar-refractivity contribution in [2.45, 2.75) is 36.8 Å². The fraction of sp³-hybridized carbons (Fsp3) is 0.167. The highest BCUT2D eigenvalue weighted by Crippen LogP contribution is 2.26. The Hall–Kier alpha value is -4.86. The van der Waals surface area contributed by atoms with Crippen LogP contribution < -0.4 is 16.0 Å². The van der Waals surface area contributed by atoms with E-state index in [1.807, 2.05) is 6.92 Å². The second kappa shape index (κ2) is 17.0. The molecule has 0 aromatic heterocycles. The van der Waals surface area contributed by atoms with Gasteiger partial charge in [-0.3, -0.25) is 14.4 Å². The van der Waals surface area contributed by atoms with Crippen LogP contribution in [0.2, 0.25) is 5.02 Å². The van der Waals surface area contributed by atoms with Crippen LogP contribution in [0.1, 0.15) is 53.0 Å². The molecule has 0 aliphatic rings. The number of carbonyl (C=O) groups is 4. The topological polar surface area (TPSA) is 114 Å². The predicted molar refractivity (Wildman–Crippen MR) is 184 cm³/mol. The number of unbranched alkanes of at least 4 members (excludes halogenated alkanes) is 1. The zero-order valence-corrected chi connectivity index (χ0v) is 27.0. The van der Waals surface area contributed by atoms with E-state index in [1.165, 1.54) is 17.8 Å². The van der Waals surface area contributed by atoms with Gasteiger partial charge in [-0.1, -0.05) is 61.3 Å². The molecule has 236 valence electrons. The number of nitrogens with one attached hydrogen (secondary N) is 3. The van der Waals surface area contributed by atoms with Gasteiger partial charge in [-0.05, 0) is 91.7 Å². The van der Waals surface area contributed by atoms with Crippen LogP contribution in [0.3, 0.4) is 0 Å². The molecule has 3 amide bonds. The summed E-state index contributed by atoms with van der Waals surface area (Å²) in [5.41, 5.74) is 2.49. The maximum absolute atomic E-state index is 13.3. The van der Waals surface area contributed by atoms with Crippen molar-refractivity contribution in [3.05, 3.63) is 131 Å². The monoisotopic (exact) mass is 655 g/mol. The summed E-state index contributed by atoms with van der Waals surface area (Å²) in [6, 6.07) is 29.2. The quantitative estimate of drug-likeness (QED) is 0.0586. The van der Waals surface area contributed by atoms with Crippen LogP contribution in [0.4, 0.5) is 11.4 Å². The van der Waals surface area contributed by atoms with Crippen LogP contribution >= 0.6 is 23.4 Å². The summed E-state index contributed by atoms with van der Waals surface area (Å²) in [6.07, 6.45) is 3.27. The highest BCUT2D eigenvalue weighted by molar-refractivity contribution is 8.00. The number of benzene rings is 4. The normalized spacial score (nSPS) is 11.7. The Morgan fingerprint density at radius 2 is 1.43 bits per heavy atom. The van der Waals surface area contributed by atoms with Crippen molar-refractivity contribution in [3.63, 3.8) is 0 Å². The number of carbonyl (C=O) groups excluding carboxylic acids is 4. The van der Waals surface area contributed by atoms with E-state index in [-0.39, 0.29) is 17.6 Å². The average Bonchev–Trinajstić information content (AvgIpc) is 3.07. The molecule has 0 radical (unpaired) electrons. The average molecular weight is 656 g/mol. The van der Waals surface area contributed by atoms with Crippen LogP contribution in [0, 0.1) is 0 Å². The van der Waals surface area contributed by atoms with Crippen molar-refractivity contribution >= 4 is 64.5 Å². The lowest BCUT2D eigenvalue weighted by atomic mass is 10.1. The molecule has 0 saturated carbocycles. The molecule has 0 aliphatic carbocycles. The Kier molecular flexibility index (Phi) is 12.6. The zero-order chi connectivity index (χ0) is 32.9. The molecule has 0 spiro atoms. The predicted octanol–water partition coefficient (Wildman–Crippen LogP) is 7.83. The molecule has 1 atom stereocenters. The first kappa shape index (κ1) is 34.0. The number of thioether (sulfide) groups is 1. The molecule has 3 N–H and O–H groups in total. The molecule has 4 aromatic carbocycles. The van der Waals surface area contributed by atoms with Crippen LogP contribution in [-0.2, 0) is 14.3 Å². The smallest absolute Gasteiger partial charge is 0.338 e. The zero-order valence-electron chi connectivity index (χ0n) is 25.4. The molecular weight excluding hydrogens is 622 g/mol. The molecule has 8 nitrogen and oxygen atoms in total. The summed E-state index contributed by atoms with van der Waals surface area (Å²) in [5, 5.41) is 8.37. The SMILES string of the molecule is CCCCOC(=O)c1ccc(NC(=O)C(C)Sc2ccc(NC(=O)/C(=C/c3ccccc3Cl)NC(=O)c3ccccc3)cc2)cc1. The van der Waals surface area contributed by atoms with Crippen molar-refractivity contribution < 1.29 is 23.9 Å². The van der Waals surface area contributed by atoms with E-state index in [0.29, 0.717) is 39.7 Å².